The number of phenolic OH excluding ortho intramolecular Hbond substituents is 1. The molecular formula is C12H17NO4. The molecule has 94 valence electrons. The third kappa shape index (κ3) is 2.34. The molecule has 0 aliphatic carbocycles. The van der Waals surface area contributed by atoms with Gasteiger partial charge in [-0.2, -0.15) is 0 Å². The van der Waals surface area contributed by atoms with Gasteiger partial charge in [-0.05, 0) is 25.0 Å². The van der Waals surface area contributed by atoms with Gasteiger partial charge in [-0.25, -0.2) is 0 Å². The molecule has 0 bridgehead atoms. The molecule has 1 rings (SSSR count). The van der Waals surface area contributed by atoms with E-state index >= 15 is 0 Å². The summed E-state index contributed by atoms with van der Waals surface area (Å²) < 4.78 is 5.08. The minimum absolute atomic E-state index is 0.0257. The van der Waals surface area contributed by atoms with E-state index in [-0.39, 0.29) is 18.0 Å². The fourth-order valence-corrected chi connectivity index (χ4v) is 1.74. The molecule has 1 atom stereocenters. The van der Waals surface area contributed by atoms with Gasteiger partial charge < -0.3 is 20.7 Å². The first-order valence-electron chi connectivity index (χ1n) is 5.23. The molecule has 0 aliphatic heterocycles. The summed E-state index contributed by atoms with van der Waals surface area (Å²) in [5.41, 5.74) is 7.33. The molecule has 0 spiro atoms. The topological polar surface area (TPSA) is 92.8 Å². The Labute approximate surface area is 99.8 Å². The second-order valence-corrected chi connectivity index (χ2v) is 3.92. The lowest BCUT2D eigenvalue weighted by atomic mass is 9.93. The Morgan fingerprint density at radius 3 is 2.53 bits per heavy atom. The lowest BCUT2D eigenvalue weighted by Gasteiger charge is -2.18. The van der Waals surface area contributed by atoms with Crippen LogP contribution in [-0.2, 0) is 4.79 Å². The Balaban J connectivity index is 3.46. The van der Waals surface area contributed by atoms with Crippen LogP contribution < -0.4 is 10.5 Å². The summed E-state index contributed by atoms with van der Waals surface area (Å²) >= 11 is 0. The molecule has 1 aromatic rings. The van der Waals surface area contributed by atoms with Crippen LogP contribution in [0.25, 0.3) is 0 Å². The van der Waals surface area contributed by atoms with Crippen molar-refractivity contribution < 1.29 is 19.7 Å². The van der Waals surface area contributed by atoms with E-state index in [1.807, 2.05) is 0 Å². The lowest BCUT2D eigenvalue weighted by Crippen LogP contribution is -2.22. The quantitative estimate of drug-likeness (QED) is 0.732. The minimum atomic E-state index is -1.03. The molecule has 1 unspecified atom stereocenters. The van der Waals surface area contributed by atoms with Crippen LogP contribution in [0.15, 0.2) is 6.07 Å². The Kier molecular flexibility index (Phi) is 3.96. The highest BCUT2D eigenvalue weighted by molar-refractivity contribution is 5.78. The fraction of sp³-hybridized carbons (Fsp3) is 0.417. The predicted molar refractivity (Wildman–Crippen MR) is 63.6 cm³/mol. The number of aliphatic carboxylic acids is 1. The normalized spacial score (nSPS) is 12.2. The molecule has 1 aromatic carbocycles. The predicted octanol–water partition coefficient (Wildman–Crippen LogP) is 1.14. The molecule has 4 N–H and O–H groups in total. The van der Waals surface area contributed by atoms with Crippen molar-refractivity contribution in [3.63, 3.8) is 0 Å². The number of aryl methyl sites for hydroxylation is 1. The summed E-state index contributed by atoms with van der Waals surface area (Å²) in [4.78, 5) is 11.1. The molecule has 0 heterocycles. The second kappa shape index (κ2) is 5.05. The molecule has 5 nitrogen and oxygen atoms in total. The van der Waals surface area contributed by atoms with Crippen molar-refractivity contribution in [1.82, 2.24) is 0 Å². The molecule has 17 heavy (non-hydrogen) atoms. The molecule has 0 fully saturated rings. The third-order valence-electron chi connectivity index (χ3n) is 2.91. The highest BCUT2D eigenvalue weighted by Gasteiger charge is 2.25. The monoisotopic (exact) mass is 239 g/mol. The van der Waals surface area contributed by atoms with Crippen LogP contribution >= 0.6 is 0 Å². The zero-order valence-corrected chi connectivity index (χ0v) is 10.2. The maximum atomic E-state index is 11.1. The molecule has 0 aromatic heterocycles. The number of methoxy groups -OCH3 is 1. The third-order valence-corrected chi connectivity index (χ3v) is 2.91. The van der Waals surface area contributed by atoms with Gasteiger partial charge in [-0.1, -0.05) is 6.07 Å². The largest absolute Gasteiger partial charge is 0.504 e. The summed E-state index contributed by atoms with van der Waals surface area (Å²) in [5.74, 6) is -1.75. The number of hydrogen-bond donors (Lipinski definition) is 3. The van der Waals surface area contributed by atoms with Crippen LogP contribution in [0.4, 0.5) is 0 Å². The van der Waals surface area contributed by atoms with Crippen molar-refractivity contribution in [2.75, 3.05) is 13.7 Å². The van der Waals surface area contributed by atoms with Crippen molar-refractivity contribution in [2.24, 2.45) is 5.73 Å². The maximum absolute atomic E-state index is 11.1. The molecule has 0 saturated heterocycles. The molecule has 0 radical (unpaired) electrons. The van der Waals surface area contributed by atoms with Crippen molar-refractivity contribution >= 4 is 5.97 Å². The SMILES string of the molecule is COc1c(C(CN)C(=O)O)cc(C)c(C)c1O. The van der Waals surface area contributed by atoms with Crippen LogP contribution in [0.3, 0.4) is 0 Å². The van der Waals surface area contributed by atoms with Gasteiger partial charge in [0.2, 0.25) is 0 Å². The van der Waals surface area contributed by atoms with Gasteiger partial charge in [-0.15, -0.1) is 0 Å². The number of hydrogen-bond acceptors (Lipinski definition) is 4. The van der Waals surface area contributed by atoms with Crippen LogP contribution in [-0.4, -0.2) is 29.8 Å². The van der Waals surface area contributed by atoms with Gasteiger partial charge >= 0.3 is 5.97 Å². The summed E-state index contributed by atoms with van der Waals surface area (Å²) in [7, 11) is 1.39. The first kappa shape index (κ1) is 13.3. The van der Waals surface area contributed by atoms with Gasteiger partial charge in [0.25, 0.3) is 0 Å². The fourth-order valence-electron chi connectivity index (χ4n) is 1.74. The lowest BCUT2D eigenvalue weighted by molar-refractivity contribution is -0.138. The van der Waals surface area contributed by atoms with Gasteiger partial charge in [0, 0.05) is 12.1 Å². The molecular weight excluding hydrogens is 222 g/mol. The van der Waals surface area contributed by atoms with E-state index in [0.717, 1.165) is 5.56 Å². The maximum Gasteiger partial charge on any atom is 0.312 e. The smallest absolute Gasteiger partial charge is 0.312 e. The first-order valence-corrected chi connectivity index (χ1v) is 5.23. The number of aromatic hydroxyl groups is 1. The Hall–Kier alpha value is -1.75. The Morgan fingerprint density at radius 1 is 1.53 bits per heavy atom. The van der Waals surface area contributed by atoms with E-state index in [2.05, 4.69) is 0 Å². The van der Waals surface area contributed by atoms with E-state index in [0.29, 0.717) is 11.1 Å². The van der Waals surface area contributed by atoms with Gasteiger partial charge in [0.1, 0.15) is 0 Å². The Morgan fingerprint density at radius 2 is 2.12 bits per heavy atom. The summed E-state index contributed by atoms with van der Waals surface area (Å²) in [5, 5.41) is 19.0. The number of carboxylic acid groups (broad SMARTS) is 1. The van der Waals surface area contributed by atoms with E-state index in [9.17, 15) is 9.90 Å². The van der Waals surface area contributed by atoms with E-state index < -0.39 is 11.9 Å². The van der Waals surface area contributed by atoms with Crippen molar-refractivity contribution in [3.8, 4) is 11.5 Å². The molecule has 0 saturated carbocycles. The van der Waals surface area contributed by atoms with Gasteiger partial charge in [0.05, 0.1) is 13.0 Å². The van der Waals surface area contributed by atoms with Crippen LogP contribution in [0, 0.1) is 13.8 Å². The van der Waals surface area contributed by atoms with Crippen molar-refractivity contribution in [3.05, 3.63) is 22.8 Å². The van der Waals surface area contributed by atoms with E-state index in [1.54, 1.807) is 19.9 Å². The average molecular weight is 239 g/mol. The highest BCUT2D eigenvalue weighted by atomic mass is 16.5. The summed E-state index contributed by atoms with van der Waals surface area (Å²) in [6.07, 6.45) is 0. The number of phenols is 1. The van der Waals surface area contributed by atoms with Crippen molar-refractivity contribution in [1.29, 1.82) is 0 Å². The number of rotatable bonds is 4. The first-order chi connectivity index (χ1) is 7.93. The summed E-state index contributed by atoms with van der Waals surface area (Å²) in [6.45, 7) is 3.50. The summed E-state index contributed by atoms with van der Waals surface area (Å²) in [6, 6.07) is 1.69. The average Bonchev–Trinajstić information content (AvgIpc) is 2.27. The number of carboxylic acids is 1. The van der Waals surface area contributed by atoms with E-state index in [4.69, 9.17) is 15.6 Å². The van der Waals surface area contributed by atoms with Crippen LogP contribution in [0.2, 0.25) is 0 Å². The second-order valence-electron chi connectivity index (χ2n) is 3.92. The van der Waals surface area contributed by atoms with Gasteiger partial charge in [-0.3, -0.25) is 4.79 Å². The highest BCUT2D eigenvalue weighted by Crippen LogP contribution is 2.39. The van der Waals surface area contributed by atoms with Crippen LogP contribution in [0.5, 0.6) is 11.5 Å². The van der Waals surface area contributed by atoms with Gasteiger partial charge in [0.15, 0.2) is 11.5 Å². The molecule has 0 amide bonds. The minimum Gasteiger partial charge on any atom is -0.504 e. The number of carbonyl (C=O) groups is 1. The van der Waals surface area contributed by atoms with Crippen molar-refractivity contribution in [2.45, 2.75) is 19.8 Å². The van der Waals surface area contributed by atoms with Crippen LogP contribution in [0.1, 0.15) is 22.6 Å². The number of nitrogens with two attached hydrogens (primary N) is 1. The molecule has 0 aliphatic rings. The zero-order valence-electron chi connectivity index (χ0n) is 10.2. The standard InChI is InChI=1S/C12H17NO4/c1-6-4-8(9(5-13)12(15)16)11(17-3)10(14)7(6)2/h4,9,14H,5,13H2,1-3H3,(H,15,16). The number of benzene rings is 1. The number of ether oxygens (including phenoxy) is 1. The zero-order chi connectivity index (χ0) is 13.2. The molecule has 5 heteroatoms. The van der Waals surface area contributed by atoms with E-state index in [1.165, 1.54) is 7.11 Å². The Bertz CT molecular complexity index is 443.